The minimum absolute atomic E-state index is 0.159. The van der Waals surface area contributed by atoms with Crippen LogP contribution in [0.3, 0.4) is 0 Å². The number of anilines is 2. The van der Waals surface area contributed by atoms with Crippen molar-refractivity contribution in [1.82, 2.24) is 4.90 Å². The number of ether oxygens (including phenoxy) is 1. The highest BCUT2D eigenvalue weighted by Crippen LogP contribution is 2.31. The monoisotopic (exact) mass is 479 g/mol. The number of para-hydroxylation sites is 1. The molecule has 2 aromatic carbocycles. The van der Waals surface area contributed by atoms with Crippen LogP contribution in [-0.2, 0) is 14.8 Å². The summed E-state index contributed by atoms with van der Waals surface area (Å²) in [6.45, 7) is 2.83. The van der Waals surface area contributed by atoms with Crippen molar-refractivity contribution >= 4 is 44.8 Å². The molecule has 1 fully saturated rings. The lowest BCUT2D eigenvalue weighted by Gasteiger charge is -2.29. The van der Waals surface area contributed by atoms with Gasteiger partial charge in [-0.15, -0.1) is 0 Å². The predicted molar refractivity (Wildman–Crippen MR) is 125 cm³/mol. The van der Waals surface area contributed by atoms with Crippen molar-refractivity contribution in [3.05, 3.63) is 53.1 Å². The first kappa shape index (κ1) is 23.9. The first-order valence-corrected chi connectivity index (χ1v) is 12.4. The number of hydrogen-bond acceptors (Lipinski definition) is 5. The van der Waals surface area contributed by atoms with E-state index in [4.69, 9.17) is 16.3 Å². The van der Waals surface area contributed by atoms with E-state index in [1.807, 2.05) is 0 Å². The van der Waals surface area contributed by atoms with Crippen molar-refractivity contribution in [3.63, 3.8) is 0 Å². The van der Waals surface area contributed by atoms with Crippen LogP contribution in [0.15, 0.2) is 42.5 Å². The summed E-state index contributed by atoms with van der Waals surface area (Å²) in [7, 11) is -2.38. The molecule has 1 aliphatic rings. The van der Waals surface area contributed by atoms with E-state index in [1.165, 1.54) is 32.2 Å². The fourth-order valence-corrected chi connectivity index (χ4v) is 5.13. The van der Waals surface area contributed by atoms with Crippen molar-refractivity contribution in [3.8, 4) is 5.75 Å². The van der Waals surface area contributed by atoms with E-state index in [2.05, 4.69) is 5.32 Å². The van der Waals surface area contributed by atoms with Crippen LogP contribution >= 0.6 is 11.6 Å². The van der Waals surface area contributed by atoms with Gasteiger partial charge in [0.2, 0.25) is 15.9 Å². The van der Waals surface area contributed by atoms with Gasteiger partial charge in [0.1, 0.15) is 11.8 Å². The van der Waals surface area contributed by atoms with Gasteiger partial charge in [-0.25, -0.2) is 8.42 Å². The number of nitrogens with zero attached hydrogens (tertiary/aromatic N) is 2. The van der Waals surface area contributed by atoms with Crippen molar-refractivity contribution in [2.75, 3.05) is 36.1 Å². The zero-order valence-electron chi connectivity index (χ0n) is 18.2. The van der Waals surface area contributed by atoms with Crippen molar-refractivity contribution in [2.24, 2.45) is 0 Å². The lowest BCUT2D eigenvalue weighted by Crippen LogP contribution is -2.45. The maximum atomic E-state index is 13.1. The van der Waals surface area contributed by atoms with Gasteiger partial charge in [0.25, 0.3) is 5.91 Å². The average Bonchev–Trinajstić information content (AvgIpc) is 3.28. The van der Waals surface area contributed by atoms with Crippen LogP contribution in [0.1, 0.15) is 30.1 Å². The van der Waals surface area contributed by atoms with Gasteiger partial charge in [0, 0.05) is 13.1 Å². The number of sulfonamides is 1. The second-order valence-corrected chi connectivity index (χ2v) is 9.85. The van der Waals surface area contributed by atoms with Gasteiger partial charge in [0.15, 0.2) is 0 Å². The van der Waals surface area contributed by atoms with Crippen LogP contribution in [0.25, 0.3) is 0 Å². The smallest absolute Gasteiger partial charge is 0.255 e. The lowest BCUT2D eigenvalue weighted by atomic mass is 10.1. The zero-order chi connectivity index (χ0) is 23.5. The molecule has 0 bridgehead atoms. The van der Waals surface area contributed by atoms with Crippen molar-refractivity contribution in [2.45, 2.75) is 25.8 Å². The number of carbonyl (C=O) groups is 2. The van der Waals surface area contributed by atoms with E-state index in [0.717, 1.165) is 23.4 Å². The number of nitrogens with one attached hydrogen (secondary N) is 1. The summed E-state index contributed by atoms with van der Waals surface area (Å²) in [6, 6.07) is 10.1. The first-order chi connectivity index (χ1) is 15.1. The Bertz CT molecular complexity index is 1120. The second-order valence-electron chi connectivity index (χ2n) is 7.59. The Morgan fingerprint density at radius 1 is 1.16 bits per heavy atom. The molecule has 1 N–H and O–H groups in total. The number of benzene rings is 2. The first-order valence-electron chi connectivity index (χ1n) is 10.2. The molecule has 8 nitrogen and oxygen atoms in total. The minimum atomic E-state index is -3.83. The fraction of sp³-hybridized carbons (Fsp3) is 0.364. The van der Waals surface area contributed by atoms with Gasteiger partial charge in [-0.1, -0.05) is 23.7 Å². The van der Waals surface area contributed by atoms with Crippen LogP contribution in [0, 0.1) is 0 Å². The minimum Gasteiger partial charge on any atom is -0.495 e. The Labute approximate surface area is 193 Å². The van der Waals surface area contributed by atoms with Gasteiger partial charge in [0.05, 0.1) is 35.3 Å². The van der Waals surface area contributed by atoms with E-state index in [1.54, 1.807) is 29.2 Å². The molecule has 10 heteroatoms. The molecule has 1 saturated heterocycles. The second kappa shape index (κ2) is 9.79. The molecule has 1 atom stereocenters. The highest BCUT2D eigenvalue weighted by molar-refractivity contribution is 7.92. The highest BCUT2D eigenvalue weighted by atomic mass is 35.5. The number of methoxy groups -OCH3 is 1. The summed E-state index contributed by atoms with van der Waals surface area (Å²) in [4.78, 5) is 27.7. The third-order valence-corrected chi connectivity index (χ3v) is 6.82. The van der Waals surface area contributed by atoms with Crippen LogP contribution in [0.4, 0.5) is 11.4 Å². The largest absolute Gasteiger partial charge is 0.495 e. The average molecular weight is 480 g/mol. The molecule has 0 aliphatic carbocycles. The normalized spacial score (nSPS) is 14.7. The molecule has 0 aromatic heterocycles. The molecule has 3 rings (SSSR count). The maximum Gasteiger partial charge on any atom is 0.255 e. The molecule has 0 spiro atoms. The third-order valence-electron chi connectivity index (χ3n) is 5.29. The van der Waals surface area contributed by atoms with Gasteiger partial charge in [-0.2, -0.15) is 0 Å². The van der Waals surface area contributed by atoms with Gasteiger partial charge >= 0.3 is 0 Å². The SMILES string of the molecule is COc1ccc(N(C(C)C(=O)Nc2ccccc2C(=O)N2CCCC2)S(C)(=O)=O)cc1Cl. The summed E-state index contributed by atoms with van der Waals surface area (Å²) in [6.07, 6.45) is 2.91. The Hall–Kier alpha value is -2.78. The number of likely N-dealkylation sites (tertiary alicyclic amines) is 1. The standard InChI is InChI=1S/C22H26ClN3O5S/c1-15(26(32(3,29)30)16-10-11-20(31-2)18(23)14-16)21(27)24-19-9-5-4-8-17(19)22(28)25-12-6-7-13-25/h4-5,8-11,14-15H,6-7,12-13H2,1-3H3,(H,24,27). The Balaban J connectivity index is 1.88. The van der Waals surface area contributed by atoms with E-state index in [-0.39, 0.29) is 16.6 Å². The highest BCUT2D eigenvalue weighted by Gasteiger charge is 2.31. The summed E-state index contributed by atoms with van der Waals surface area (Å²) in [5.41, 5.74) is 0.929. The molecule has 2 aromatic rings. The summed E-state index contributed by atoms with van der Waals surface area (Å²) >= 11 is 6.17. The van der Waals surface area contributed by atoms with E-state index in [9.17, 15) is 18.0 Å². The van der Waals surface area contributed by atoms with Gasteiger partial charge in [-0.05, 0) is 50.1 Å². The van der Waals surface area contributed by atoms with Gasteiger partial charge < -0.3 is 15.0 Å². The third kappa shape index (κ3) is 5.16. The van der Waals surface area contributed by atoms with Gasteiger partial charge in [-0.3, -0.25) is 13.9 Å². The molecule has 32 heavy (non-hydrogen) atoms. The Morgan fingerprint density at radius 3 is 2.41 bits per heavy atom. The van der Waals surface area contributed by atoms with Crippen molar-refractivity contribution in [1.29, 1.82) is 0 Å². The molecule has 1 aliphatic heterocycles. The van der Waals surface area contributed by atoms with Crippen LogP contribution in [0.2, 0.25) is 5.02 Å². The molecule has 0 saturated carbocycles. The molecule has 1 unspecified atom stereocenters. The molecular weight excluding hydrogens is 454 g/mol. The number of carbonyl (C=O) groups excluding carboxylic acids is 2. The number of hydrogen-bond donors (Lipinski definition) is 1. The topological polar surface area (TPSA) is 96.0 Å². The number of rotatable bonds is 7. The lowest BCUT2D eigenvalue weighted by molar-refractivity contribution is -0.116. The summed E-state index contributed by atoms with van der Waals surface area (Å²) < 4.78 is 31.2. The van der Waals surface area contributed by atoms with Crippen LogP contribution < -0.4 is 14.4 Å². The van der Waals surface area contributed by atoms with E-state index >= 15 is 0 Å². The zero-order valence-corrected chi connectivity index (χ0v) is 19.7. The number of halogens is 1. The fourth-order valence-electron chi connectivity index (χ4n) is 3.71. The van der Waals surface area contributed by atoms with Crippen LogP contribution in [0.5, 0.6) is 5.75 Å². The van der Waals surface area contributed by atoms with E-state index < -0.39 is 22.0 Å². The van der Waals surface area contributed by atoms with E-state index in [0.29, 0.717) is 30.1 Å². The van der Waals surface area contributed by atoms with Crippen molar-refractivity contribution < 1.29 is 22.7 Å². The summed E-state index contributed by atoms with van der Waals surface area (Å²) in [5.74, 6) is -0.354. The quantitative estimate of drug-likeness (QED) is 0.656. The molecule has 172 valence electrons. The molecule has 1 heterocycles. The number of amides is 2. The Kier molecular flexibility index (Phi) is 7.30. The molecule has 0 radical (unpaired) electrons. The molecular formula is C22H26ClN3O5S. The van der Waals surface area contributed by atoms with Crippen LogP contribution in [-0.4, -0.2) is 57.6 Å². The Morgan fingerprint density at radius 2 is 1.81 bits per heavy atom. The molecule has 2 amide bonds. The maximum absolute atomic E-state index is 13.1. The summed E-state index contributed by atoms with van der Waals surface area (Å²) in [5, 5.41) is 2.94. The predicted octanol–water partition coefficient (Wildman–Crippen LogP) is 3.38.